The molecular formula is C25H23F3N4O5. The largest absolute Gasteiger partial charge is 0.573 e. The van der Waals surface area contributed by atoms with E-state index in [2.05, 4.69) is 9.72 Å². The molecule has 0 saturated heterocycles. The number of aliphatic hydroxyl groups is 1. The van der Waals surface area contributed by atoms with E-state index >= 15 is 0 Å². The number of hydrogen-bond donors (Lipinski definition) is 3. The molecule has 0 aliphatic carbocycles. The predicted octanol–water partition coefficient (Wildman–Crippen LogP) is 4.75. The molecule has 0 unspecified atom stereocenters. The van der Waals surface area contributed by atoms with Crippen molar-refractivity contribution in [2.75, 3.05) is 7.11 Å². The lowest BCUT2D eigenvalue weighted by molar-refractivity contribution is -0.274. The SMILES string of the molecule is COc1cc2c(cc1C(C(C)=N)C(C)=N)nc(CO)c1oc(=O)n(Cc3ccc(OC(F)(F)F)cc3)c12. The topological polar surface area (TPSA) is 134 Å². The summed E-state index contributed by atoms with van der Waals surface area (Å²) in [5, 5.41) is 26.7. The molecule has 0 spiro atoms. The number of hydrogen-bond acceptors (Lipinski definition) is 8. The van der Waals surface area contributed by atoms with Gasteiger partial charge in [0.15, 0.2) is 5.58 Å². The van der Waals surface area contributed by atoms with Gasteiger partial charge in [0, 0.05) is 22.4 Å². The summed E-state index contributed by atoms with van der Waals surface area (Å²) in [6.07, 6.45) is -4.82. The lowest BCUT2D eigenvalue weighted by Crippen LogP contribution is -2.18. The van der Waals surface area contributed by atoms with Gasteiger partial charge in [0.2, 0.25) is 0 Å². The van der Waals surface area contributed by atoms with Crippen LogP contribution < -0.4 is 15.2 Å². The summed E-state index contributed by atoms with van der Waals surface area (Å²) in [5.74, 6) is -1.43. The minimum Gasteiger partial charge on any atom is -0.496 e. The van der Waals surface area contributed by atoms with E-state index in [0.29, 0.717) is 33.3 Å². The molecule has 2 heterocycles. The number of aliphatic hydroxyl groups excluding tert-OH is 1. The highest BCUT2D eigenvalue weighted by molar-refractivity contribution is 6.10. The van der Waals surface area contributed by atoms with Crippen molar-refractivity contribution in [3.8, 4) is 11.5 Å². The van der Waals surface area contributed by atoms with Crippen LogP contribution in [0.25, 0.3) is 22.0 Å². The molecule has 9 nitrogen and oxygen atoms in total. The van der Waals surface area contributed by atoms with Crippen molar-refractivity contribution in [2.24, 2.45) is 0 Å². The van der Waals surface area contributed by atoms with Gasteiger partial charge >= 0.3 is 12.1 Å². The lowest BCUT2D eigenvalue weighted by Gasteiger charge is -2.19. The Hall–Kier alpha value is -4.19. The number of aromatic nitrogens is 2. The van der Waals surface area contributed by atoms with Crippen LogP contribution in [0.3, 0.4) is 0 Å². The normalized spacial score (nSPS) is 12.6. The van der Waals surface area contributed by atoms with Crippen molar-refractivity contribution in [3.63, 3.8) is 0 Å². The summed E-state index contributed by atoms with van der Waals surface area (Å²) < 4.78 is 53.6. The summed E-state index contributed by atoms with van der Waals surface area (Å²) in [6.45, 7) is 2.59. The van der Waals surface area contributed by atoms with Gasteiger partial charge < -0.3 is 29.8 Å². The first-order valence-corrected chi connectivity index (χ1v) is 11.0. The standard InChI is InChI=1S/C25H23F3N4O5/c1-12(29)21(13(2)30)17-8-18-16(9-20(17)35-3)22-23(19(11-33)31-18)36-24(34)32(22)10-14-4-6-15(7-5-14)37-25(26,27)28/h4-9,21,29-30,33H,10-11H2,1-3H3. The van der Waals surface area contributed by atoms with Gasteiger partial charge in [-0.25, -0.2) is 9.78 Å². The number of nitrogens with zero attached hydrogens (tertiary/aromatic N) is 2. The molecule has 0 amide bonds. The first-order valence-electron chi connectivity index (χ1n) is 11.0. The molecule has 0 aliphatic heterocycles. The molecule has 37 heavy (non-hydrogen) atoms. The summed E-state index contributed by atoms with van der Waals surface area (Å²) in [7, 11) is 1.44. The third-order valence-electron chi connectivity index (χ3n) is 5.84. The molecule has 0 saturated carbocycles. The van der Waals surface area contributed by atoms with Gasteiger partial charge in [-0.3, -0.25) is 4.57 Å². The highest BCUT2D eigenvalue weighted by Crippen LogP contribution is 2.36. The number of oxazole rings is 1. The maximum Gasteiger partial charge on any atom is 0.573 e. The zero-order valence-electron chi connectivity index (χ0n) is 20.1. The van der Waals surface area contributed by atoms with Gasteiger partial charge in [-0.1, -0.05) is 12.1 Å². The molecule has 3 N–H and O–H groups in total. The quantitative estimate of drug-likeness (QED) is 0.289. The van der Waals surface area contributed by atoms with E-state index in [0.717, 1.165) is 12.1 Å². The van der Waals surface area contributed by atoms with Crippen molar-refractivity contribution in [3.05, 3.63) is 63.8 Å². The highest BCUT2D eigenvalue weighted by atomic mass is 19.4. The minimum absolute atomic E-state index is 0.0476. The number of pyridine rings is 1. The second-order valence-corrected chi connectivity index (χ2v) is 8.45. The van der Waals surface area contributed by atoms with Gasteiger partial charge in [0.1, 0.15) is 22.7 Å². The molecule has 194 valence electrons. The van der Waals surface area contributed by atoms with Crippen LogP contribution in [0.15, 0.2) is 45.6 Å². The molecule has 0 fully saturated rings. The van der Waals surface area contributed by atoms with Crippen LogP contribution in [0.5, 0.6) is 11.5 Å². The Morgan fingerprint density at radius 2 is 1.81 bits per heavy atom. The maximum atomic E-state index is 12.8. The lowest BCUT2D eigenvalue weighted by atomic mass is 9.89. The first-order chi connectivity index (χ1) is 17.4. The summed E-state index contributed by atoms with van der Waals surface area (Å²) in [5.41, 5.74) is 2.35. The predicted molar refractivity (Wildman–Crippen MR) is 130 cm³/mol. The van der Waals surface area contributed by atoms with Crippen LogP contribution in [-0.4, -0.2) is 39.6 Å². The van der Waals surface area contributed by atoms with Crippen LogP contribution in [0.2, 0.25) is 0 Å². The van der Waals surface area contributed by atoms with E-state index < -0.39 is 30.4 Å². The zero-order chi connectivity index (χ0) is 27.1. The first kappa shape index (κ1) is 25.9. The number of benzene rings is 2. The highest BCUT2D eigenvalue weighted by Gasteiger charge is 2.31. The Morgan fingerprint density at radius 3 is 2.35 bits per heavy atom. The summed E-state index contributed by atoms with van der Waals surface area (Å²) in [6, 6.07) is 8.36. The van der Waals surface area contributed by atoms with Crippen molar-refractivity contribution in [1.82, 2.24) is 9.55 Å². The van der Waals surface area contributed by atoms with E-state index in [-0.39, 0.29) is 29.2 Å². The van der Waals surface area contributed by atoms with Crippen LogP contribution in [-0.2, 0) is 13.2 Å². The zero-order valence-corrected chi connectivity index (χ0v) is 20.1. The molecule has 0 aliphatic rings. The Balaban J connectivity index is 1.91. The van der Waals surface area contributed by atoms with E-state index in [1.165, 1.54) is 23.8 Å². The third kappa shape index (κ3) is 5.05. The van der Waals surface area contributed by atoms with E-state index in [1.54, 1.807) is 26.0 Å². The third-order valence-corrected chi connectivity index (χ3v) is 5.84. The van der Waals surface area contributed by atoms with E-state index in [1.807, 2.05) is 0 Å². The molecule has 2 aromatic heterocycles. The Labute approximate surface area is 208 Å². The van der Waals surface area contributed by atoms with Gasteiger partial charge in [-0.15, -0.1) is 13.2 Å². The summed E-state index contributed by atoms with van der Waals surface area (Å²) >= 11 is 0. The van der Waals surface area contributed by atoms with Gasteiger partial charge in [-0.05, 0) is 43.7 Å². The molecule has 12 heteroatoms. The van der Waals surface area contributed by atoms with Crippen LogP contribution in [0.4, 0.5) is 13.2 Å². The van der Waals surface area contributed by atoms with Gasteiger partial charge in [-0.2, -0.15) is 0 Å². The Morgan fingerprint density at radius 1 is 1.16 bits per heavy atom. The second kappa shape index (κ2) is 9.69. The maximum absolute atomic E-state index is 12.8. The van der Waals surface area contributed by atoms with Crippen LogP contribution in [0.1, 0.15) is 36.6 Å². The average Bonchev–Trinajstić information content (AvgIpc) is 3.14. The molecule has 4 rings (SSSR count). The van der Waals surface area contributed by atoms with Crippen molar-refractivity contribution in [2.45, 2.75) is 39.3 Å². The van der Waals surface area contributed by atoms with Crippen LogP contribution in [0, 0.1) is 10.8 Å². The Bertz CT molecular complexity index is 1560. The number of nitrogens with one attached hydrogen (secondary N) is 2. The molecule has 0 atom stereocenters. The van der Waals surface area contributed by atoms with Crippen molar-refractivity contribution in [1.29, 1.82) is 10.8 Å². The number of ether oxygens (including phenoxy) is 2. The number of rotatable bonds is 8. The average molecular weight is 516 g/mol. The number of methoxy groups -OCH3 is 1. The summed E-state index contributed by atoms with van der Waals surface area (Å²) in [4.78, 5) is 17.3. The molecular weight excluding hydrogens is 493 g/mol. The van der Waals surface area contributed by atoms with Crippen molar-refractivity contribution < 1.29 is 32.2 Å². The number of fused-ring (bicyclic) bond motifs is 3. The van der Waals surface area contributed by atoms with E-state index in [4.69, 9.17) is 20.0 Å². The van der Waals surface area contributed by atoms with E-state index in [9.17, 15) is 23.1 Å². The molecule has 4 aromatic rings. The molecule has 2 aromatic carbocycles. The Kier molecular flexibility index (Phi) is 6.78. The van der Waals surface area contributed by atoms with Crippen LogP contribution >= 0.6 is 0 Å². The monoisotopic (exact) mass is 516 g/mol. The second-order valence-electron chi connectivity index (χ2n) is 8.45. The molecule has 0 bridgehead atoms. The fourth-order valence-corrected chi connectivity index (χ4v) is 4.35. The smallest absolute Gasteiger partial charge is 0.496 e. The fraction of sp³-hybridized carbons (Fsp3) is 0.280. The van der Waals surface area contributed by atoms with Gasteiger partial charge in [0.25, 0.3) is 0 Å². The van der Waals surface area contributed by atoms with Gasteiger partial charge in [0.05, 0.1) is 31.7 Å². The minimum atomic E-state index is -4.82. The number of halogens is 3. The van der Waals surface area contributed by atoms with Crippen molar-refractivity contribution >= 4 is 33.4 Å². The number of alkyl halides is 3. The fourth-order valence-electron chi connectivity index (χ4n) is 4.35. The molecule has 0 radical (unpaired) electrons.